The zero-order chi connectivity index (χ0) is 22.3. The van der Waals surface area contributed by atoms with Gasteiger partial charge in [-0.25, -0.2) is 4.68 Å². The molecule has 1 N–H and O–H groups in total. The van der Waals surface area contributed by atoms with Crippen LogP contribution in [0.1, 0.15) is 21.6 Å². The molecular formula is C22H17F3N4O2. The maximum Gasteiger partial charge on any atom is 0.416 e. The number of aromatic nitrogens is 3. The van der Waals surface area contributed by atoms with Crippen LogP contribution in [0.3, 0.4) is 0 Å². The van der Waals surface area contributed by atoms with Gasteiger partial charge in [0.2, 0.25) is 5.43 Å². The van der Waals surface area contributed by atoms with Crippen molar-refractivity contribution in [2.45, 2.75) is 13.1 Å². The monoisotopic (exact) mass is 426 g/mol. The molecule has 0 bridgehead atoms. The van der Waals surface area contributed by atoms with Crippen LogP contribution in [0.15, 0.2) is 65.6 Å². The van der Waals surface area contributed by atoms with Crippen LogP contribution in [0.25, 0.3) is 16.7 Å². The van der Waals surface area contributed by atoms with E-state index in [9.17, 15) is 22.8 Å². The molecule has 31 heavy (non-hydrogen) atoms. The lowest BCUT2D eigenvalue weighted by Gasteiger charge is -2.11. The molecule has 0 saturated carbocycles. The second-order valence-corrected chi connectivity index (χ2v) is 7.05. The number of halogens is 3. The summed E-state index contributed by atoms with van der Waals surface area (Å²) in [5, 5.41) is 7.09. The SMILES string of the molecule is Cc1nn(-c2ccccc2)c2c1c(=O)c(C(=O)Nc1cccc(C(F)(F)F)c1)cn2C. The number of hydrogen-bond donors (Lipinski definition) is 1. The second kappa shape index (κ2) is 7.42. The number of carbonyl (C=O) groups is 1. The molecule has 2 aromatic carbocycles. The highest BCUT2D eigenvalue weighted by atomic mass is 19.4. The van der Waals surface area contributed by atoms with Crippen molar-refractivity contribution in [1.29, 1.82) is 0 Å². The molecule has 0 spiro atoms. The molecule has 0 atom stereocenters. The van der Waals surface area contributed by atoms with Crippen LogP contribution in [-0.4, -0.2) is 20.3 Å². The number of nitrogens with one attached hydrogen (secondary N) is 1. The van der Waals surface area contributed by atoms with Crippen LogP contribution < -0.4 is 10.7 Å². The first-order valence-electron chi connectivity index (χ1n) is 9.30. The molecule has 0 radical (unpaired) electrons. The summed E-state index contributed by atoms with van der Waals surface area (Å²) in [4.78, 5) is 25.8. The van der Waals surface area contributed by atoms with Crippen molar-refractivity contribution in [2.75, 3.05) is 5.32 Å². The lowest BCUT2D eigenvalue weighted by molar-refractivity contribution is -0.137. The fraction of sp³-hybridized carbons (Fsp3) is 0.136. The number of pyridine rings is 1. The number of anilines is 1. The maximum absolute atomic E-state index is 13.1. The van der Waals surface area contributed by atoms with Crippen LogP contribution in [0, 0.1) is 6.92 Å². The summed E-state index contributed by atoms with van der Waals surface area (Å²) in [6, 6.07) is 13.5. The lowest BCUT2D eigenvalue weighted by atomic mass is 10.1. The zero-order valence-electron chi connectivity index (χ0n) is 16.6. The minimum Gasteiger partial charge on any atom is -0.334 e. The van der Waals surface area contributed by atoms with Gasteiger partial charge >= 0.3 is 6.18 Å². The van der Waals surface area contributed by atoms with Gasteiger partial charge in [0.25, 0.3) is 5.91 Å². The number of fused-ring (bicyclic) bond motifs is 1. The largest absolute Gasteiger partial charge is 0.416 e. The molecular weight excluding hydrogens is 409 g/mol. The van der Waals surface area contributed by atoms with E-state index in [4.69, 9.17) is 0 Å². The van der Waals surface area contributed by atoms with E-state index in [0.29, 0.717) is 11.3 Å². The summed E-state index contributed by atoms with van der Waals surface area (Å²) in [5.74, 6) is -0.798. The molecule has 4 aromatic rings. The van der Waals surface area contributed by atoms with Gasteiger partial charge in [-0.2, -0.15) is 18.3 Å². The van der Waals surface area contributed by atoms with Gasteiger partial charge in [-0.15, -0.1) is 0 Å². The van der Waals surface area contributed by atoms with Gasteiger partial charge in [0.1, 0.15) is 11.2 Å². The number of rotatable bonds is 3. The highest BCUT2D eigenvalue weighted by Crippen LogP contribution is 2.30. The number of para-hydroxylation sites is 1. The molecule has 6 nitrogen and oxygen atoms in total. The molecule has 0 aliphatic heterocycles. The third kappa shape index (κ3) is 3.70. The first-order chi connectivity index (χ1) is 14.7. The molecule has 0 saturated heterocycles. The van der Waals surface area contributed by atoms with Crippen molar-refractivity contribution < 1.29 is 18.0 Å². The third-order valence-electron chi connectivity index (χ3n) is 4.86. The average molecular weight is 426 g/mol. The molecule has 158 valence electrons. The Bertz CT molecular complexity index is 1360. The lowest BCUT2D eigenvalue weighted by Crippen LogP contribution is -2.24. The number of amides is 1. The molecule has 4 rings (SSSR count). The molecule has 0 fully saturated rings. The van der Waals surface area contributed by atoms with Gasteiger partial charge in [-0.05, 0) is 37.3 Å². The summed E-state index contributed by atoms with van der Waals surface area (Å²) in [7, 11) is 1.67. The molecule has 9 heteroatoms. The highest BCUT2D eigenvalue weighted by Gasteiger charge is 2.30. The van der Waals surface area contributed by atoms with E-state index < -0.39 is 23.1 Å². The van der Waals surface area contributed by atoms with E-state index in [0.717, 1.165) is 17.8 Å². The Balaban J connectivity index is 1.78. The Morgan fingerprint density at radius 2 is 1.77 bits per heavy atom. The number of benzene rings is 2. The van der Waals surface area contributed by atoms with Crippen molar-refractivity contribution >= 4 is 22.6 Å². The summed E-state index contributed by atoms with van der Waals surface area (Å²) in [5.41, 5.74) is 0.00181. The summed E-state index contributed by atoms with van der Waals surface area (Å²) in [6.45, 7) is 1.66. The maximum atomic E-state index is 13.1. The van der Waals surface area contributed by atoms with Gasteiger partial charge in [-0.3, -0.25) is 9.59 Å². The van der Waals surface area contributed by atoms with Crippen molar-refractivity contribution in [3.8, 4) is 5.69 Å². The zero-order valence-corrected chi connectivity index (χ0v) is 16.6. The Hall–Kier alpha value is -3.88. The molecule has 1 amide bonds. The molecule has 2 aromatic heterocycles. The molecule has 0 aliphatic rings. The number of hydrogen-bond acceptors (Lipinski definition) is 3. The summed E-state index contributed by atoms with van der Waals surface area (Å²) >= 11 is 0. The topological polar surface area (TPSA) is 68.9 Å². The third-order valence-corrected chi connectivity index (χ3v) is 4.86. The highest BCUT2D eigenvalue weighted by molar-refractivity contribution is 6.05. The van der Waals surface area contributed by atoms with E-state index in [-0.39, 0.29) is 16.6 Å². The van der Waals surface area contributed by atoms with Crippen molar-refractivity contribution in [2.24, 2.45) is 7.05 Å². The van der Waals surface area contributed by atoms with E-state index in [2.05, 4.69) is 10.4 Å². The van der Waals surface area contributed by atoms with Gasteiger partial charge in [0, 0.05) is 18.9 Å². The predicted molar refractivity (Wildman–Crippen MR) is 110 cm³/mol. The number of alkyl halides is 3. The minimum absolute atomic E-state index is 0.0568. The van der Waals surface area contributed by atoms with Crippen LogP contribution in [0.2, 0.25) is 0 Å². The van der Waals surface area contributed by atoms with Crippen molar-refractivity contribution in [1.82, 2.24) is 14.3 Å². The van der Waals surface area contributed by atoms with E-state index in [1.54, 1.807) is 23.2 Å². The number of carbonyl (C=O) groups excluding carboxylic acids is 1. The Kier molecular flexibility index (Phi) is 4.88. The van der Waals surface area contributed by atoms with Gasteiger partial charge in [0.05, 0.1) is 22.3 Å². The minimum atomic E-state index is -4.54. The molecule has 0 unspecified atom stereocenters. The smallest absolute Gasteiger partial charge is 0.334 e. The van der Waals surface area contributed by atoms with Crippen LogP contribution in [0.5, 0.6) is 0 Å². The van der Waals surface area contributed by atoms with Gasteiger partial charge in [0.15, 0.2) is 0 Å². The van der Waals surface area contributed by atoms with E-state index in [1.807, 2.05) is 30.3 Å². The fourth-order valence-corrected chi connectivity index (χ4v) is 3.44. The van der Waals surface area contributed by atoms with E-state index >= 15 is 0 Å². The summed E-state index contributed by atoms with van der Waals surface area (Å²) in [6.07, 6.45) is -3.19. The predicted octanol–water partition coefficient (Wildman–Crippen LogP) is 4.30. The normalized spacial score (nSPS) is 11.6. The second-order valence-electron chi connectivity index (χ2n) is 7.05. The quantitative estimate of drug-likeness (QED) is 0.531. The van der Waals surface area contributed by atoms with Crippen LogP contribution >= 0.6 is 0 Å². The first-order valence-corrected chi connectivity index (χ1v) is 9.30. The Morgan fingerprint density at radius 1 is 1.06 bits per heavy atom. The van der Waals surface area contributed by atoms with Crippen LogP contribution in [0.4, 0.5) is 18.9 Å². The first kappa shape index (κ1) is 20.4. The van der Waals surface area contributed by atoms with Crippen LogP contribution in [-0.2, 0) is 13.2 Å². The van der Waals surface area contributed by atoms with Gasteiger partial charge < -0.3 is 9.88 Å². The Labute approximate surface area is 174 Å². The molecule has 2 heterocycles. The fourth-order valence-electron chi connectivity index (χ4n) is 3.44. The summed E-state index contributed by atoms with van der Waals surface area (Å²) < 4.78 is 42.0. The van der Waals surface area contributed by atoms with Crippen molar-refractivity contribution in [3.05, 3.63) is 87.8 Å². The standard InChI is InChI=1S/C22H17F3N4O2/c1-13-18-19(30)17(20(31)26-15-8-6-7-14(11-15)22(23,24)25)12-28(2)21(18)29(27-13)16-9-4-3-5-10-16/h3-12H,1-2H3,(H,26,31). The van der Waals surface area contributed by atoms with E-state index in [1.165, 1.54) is 18.3 Å². The van der Waals surface area contributed by atoms with Crippen molar-refractivity contribution in [3.63, 3.8) is 0 Å². The average Bonchev–Trinajstić information content (AvgIpc) is 3.09. The number of aryl methyl sites for hydroxylation is 2. The Morgan fingerprint density at radius 3 is 2.45 bits per heavy atom. The molecule has 0 aliphatic carbocycles. The number of nitrogens with zero attached hydrogens (tertiary/aromatic N) is 3. The van der Waals surface area contributed by atoms with Gasteiger partial charge in [-0.1, -0.05) is 24.3 Å².